The molecule has 0 bridgehead atoms. The molecule has 1 heterocycles. The van der Waals surface area contributed by atoms with Gasteiger partial charge in [0.05, 0.1) is 5.88 Å². The third-order valence-electron chi connectivity index (χ3n) is 1.55. The zero-order chi connectivity index (χ0) is 7.40. The van der Waals surface area contributed by atoms with Gasteiger partial charge in [-0.1, -0.05) is 0 Å². The van der Waals surface area contributed by atoms with Crippen molar-refractivity contribution in [2.24, 2.45) is 0 Å². The molecule has 0 aromatic heterocycles. The topological polar surface area (TPSA) is 64.2 Å². The second-order valence-electron chi connectivity index (χ2n) is 2.34. The van der Waals surface area contributed by atoms with E-state index in [1.165, 1.54) is 0 Å². The predicted octanol–water partition coefficient (Wildman–Crippen LogP) is -1.23. The van der Waals surface area contributed by atoms with Gasteiger partial charge >= 0.3 is 0 Å². The maximum atomic E-state index is 10.1. The first-order valence-corrected chi connectivity index (χ1v) is 4.53. The van der Waals surface area contributed by atoms with E-state index in [0.717, 1.165) is 19.5 Å². The molecule has 0 aromatic carbocycles. The van der Waals surface area contributed by atoms with Gasteiger partial charge in [0.25, 0.3) is 0 Å². The summed E-state index contributed by atoms with van der Waals surface area (Å²) in [6.45, 7) is 1.88. The van der Waals surface area contributed by atoms with Gasteiger partial charge in [-0.05, 0) is 24.0 Å². The zero-order valence-electron chi connectivity index (χ0n) is 5.63. The van der Waals surface area contributed by atoms with E-state index in [1.807, 2.05) is 0 Å². The van der Waals surface area contributed by atoms with E-state index in [-0.39, 0.29) is 5.88 Å². The summed E-state index contributed by atoms with van der Waals surface area (Å²) in [5.74, 6) is 0.0757. The standard InChI is InChI=1S/C5H12N2O2S/c8-10(9)4-7-5-1-2-6-3-5/h5-7H,1-4H2,(H,8,9)/p-1. The van der Waals surface area contributed by atoms with Crippen LogP contribution in [0.5, 0.6) is 0 Å². The van der Waals surface area contributed by atoms with Crippen molar-refractivity contribution in [3.63, 3.8) is 0 Å². The zero-order valence-corrected chi connectivity index (χ0v) is 6.45. The van der Waals surface area contributed by atoms with E-state index in [1.54, 1.807) is 0 Å². The predicted molar refractivity (Wildman–Crippen MR) is 38.2 cm³/mol. The molecule has 0 spiro atoms. The van der Waals surface area contributed by atoms with Crippen LogP contribution in [0, 0.1) is 0 Å². The van der Waals surface area contributed by atoms with Crippen LogP contribution in [-0.4, -0.2) is 33.8 Å². The summed E-state index contributed by atoms with van der Waals surface area (Å²) in [5.41, 5.74) is 0. The molecule has 1 fully saturated rings. The van der Waals surface area contributed by atoms with Gasteiger partial charge in [-0.2, -0.15) is 0 Å². The summed E-state index contributed by atoms with van der Waals surface area (Å²) in [5, 5.41) is 6.04. The Labute approximate surface area is 62.7 Å². The van der Waals surface area contributed by atoms with E-state index in [2.05, 4.69) is 10.6 Å². The summed E-state index contributed by atoms with van der Waals surface area (Å²) >= 11 is -1.95. The van der Waals surface area contributed by atoms with Crippen LogP contribution in [0.1, 0.15) is 6.42 Å². The van der Waals surface area contributed by atoms with E-state index in [4.69, 9.17) is 0 Å². The molecule has 1 saturated heterocycles. The molecular formula is C5H11N2O2S-. The highest BCUT2D eigenvalue weighted by molar-refractivity contribution is 7.79. The van der Waals surface area contributed by atoms with Gasteiger partial charge in [0.2, 0.25) is 0 Å². The smallest absolute Gasteiger partial charge is 0.0591 e. The first-order chi connectivity index (χ1) is 4.79. The van der Waals surface area contributed by atoms with Crippen molar-refractivity contribution >= 4 is 11.1 Å². The third-order valence-corrected chi connectivity index (χ3v) is 1.95. The first kappa shape index (κ1) is 8.13. The van der Waals surface area contributed by atoms with Crippen LogP contribution in [0.3, 0.4) is 0 Å². The molecule has 5 heteroatoms. The van der Waals surface area contributed by atoms with Crippen LogP contribution in [0.4, 0.5) is 0 Å². The maximum Gasteiger partial charge on any atom is 0.0591 e. The van der Waals surface area contributed by atoms with E-state index in [0.29, 0.717) is 6.04 Å². The van der Waals surface area contributed by atoms with Gasteiger partial charge in [-0.15, -0.1) is 0 Å². The lowest BCUT2D eigenvalue weighted by Crippen LogP contribution is -2.33. The van der Waals surface area contributed by atoms with Crippen molar-refractivity contribution in [2.45, 2.75) is 12.5 Å². The Morgan fingerprint density at radius 2 is 2.60 bits per heavy atom. The Balaban J connectivity index is 2.07. The van der Waals surface area contributed by atoms with Crippen LogP contribution in [-0.2, 0) is 11.1 Å². The fourth-order valence-corrected chi connectivity index (χ4v) is 1.39. The molecule has 2 N–H and O–H groups in total. The molecule has 1 aliphatic heterocycles. The second kappa shape index (κ2) is 4.02. The van der Waals surface area contributed by atoms with Gasteiger partial charge in [0.1, 0.15) is 0 Å². The molecule has 0 aromatic rings. The Morgan fingerprint density at radius 1 is 1.80 bits per heavy atom. The average Bonchev–Trinajstić information content (AvgIpc) is 2.34. The summed E-state index contributed by atoms with van der Waals surface area (Å²) in [6.07, 6.45) is 1.02. The normalized spacial score (nSPS) is 28.7. The molecule has 2 unspecified atom stereocenters. The van der Waals surface area contributed by atoms with Gasteiger partial charge in [0, 0.05) is 12.6 Å². The Kier molecular flexibility index (Phi) is 3.27. The summed E-state index contributed by atoms with van der Waals surface area (Å²) in [6, 6.07) is 0.345. The number of rotatable bonds is 3. The highest BCUT2D eigenvalue weighted by atomic mass is 32.2. The Morgan fingerprint density at radius 3 is 3.10 bits per heavy atom. The molecule has 2 atom stereocenters. The molecule has 0 amide bonds. The Bertz CT molecular complexity index is 125. The first-order valence-electron chi connectivity index (χ1n) is 3.29. The molecule has 1 aliphatic rings. The third kappa shape index (κ3) is 2.74. The lowest BCUT2D eigenvalue weighted by Gasteiger charge is -2.11. The number of hydrogen-bond donors (Lipinski definition) is 2. The largest absolute Gasteiger partial charge is 0.771 e. The van der Waals surface area contributed by atoms with E-state index in [9.17, 15) is 8.76 Å². The van der Waals surface area contributed by atoms with Crippen LogP contribution >= 0.6 is 0 Å². The molecule has 0 saturated carbocycles. The monoisotopic (exact) mass is 163 g/mol. The van der Waals surface area contributed by atoms with Crippen molar-refractivity contribution in [2.75, 3.05) is 19.0 Å². The maximum absolute atomic E-state index is 10.1. The van der Waals surface area contributed by atoms with Crippen molar-refractivity contribution in [3.05, 3.63) is 0 Å². The van der Waals surface area contributed by atoms with Crippen LogP contribution in [0.15, 0.2) is 0 Å². The molecule has 4 nitrogen and oxygen atoms in total. The molecular weight excluding hydrogens is 152 g/mol. The van der Waals surface area contributed by atoms with Gasteiger partial charge in [0.15, 0.2) is 0 Å². The Hall–Kier alpha value is 0.0300. The minimum atomic E-state index is -1.95. The van der Waals surface area contributed by atoms with Crippen LogP contribution in [0.25, 0.3) is 0 Å². The molecule has 0 radical (unpaired) electrons. The molecule has 0 aliphatic carbocycles. The van der Waals surface area contributed by atoms with Crippen LogP contribution < -0.4 is 10.6 Å². The highest BCUT2D eigenvalue weighted by Gasteiger charge is 2.12. The van der Waals surface area contributed by atoms with Crippen LogP contribution in [0.2, 0.25) is 0 Å². The van der Waals surface area contributed by atoms with Crippen molar-refractivity contribution in [1.29, 1.82) is 0 Å². The highest BCUT2D eigenvalue weighted by Crippen LogP contribution is 1.95. The van der Waals surface area contributed by atoms with E-state index < -0.39 is 11.1 Å². The number of nitrogens with one attached hydrogen (secondary N) is 2. The number of hydrogen-bond acceptors (Lipinski definition) is 4. The molecule has 10 heavy (non-hydrogen) atoms. The van der Waals surface area contributed by atoms with Gasteiger partial charge in [-0.25, -0.2) is 0 Å². The molecule has 1 rings (SSSR count). The fourth-order valence-electron chi connectivity index (χ4n) is 1.01. The summed E-state index contributed by atoms with van der Waals surface area (Å²) in [7, 11) is 0. The van der Waals surface area contributed by atoms with Gasteiger partial charge < -0.3 is 15.2 Å². The van der Waals surface area contributed by atoms with Crippen molar-refractivity contribution < 1.29 is 8.76 Å². The lowest BCUT2D eigenvalue weighted by molar-refractivity contribution is 0.516. The SMILES string of the molecule is O=S([O-])CNC1CCNC1. The second-order valence-corrected chi connectivity index (χ2v) is 3.24. The fraction of sp³-hybridized carbons (Fsp3) is 1.00. The average molecular weight is 163 g/mol. The molecule has 60 valence electrons. The quantitative estimate of drug-likeness (QED) is 0.512. The minimum absolute atomic E-state index is 0.0757. The van der Waals surface area contributed by atoms with E-state index >= 15 is 0 Å². The van der Waals surface area contributed by atoms with Crippen molar-refractivity contribution in [1.82, 2.24) is 10.6 Å². The summed E-state index contributed by atoms with van der Waals surface area (Å²) in [4.78, 5) is 0. The summed E-state index contributed by atoms with van der Waals surface area (Å²) < 4.78 is 20.1. The minimum Gasteiger partial charge on any atom is -0.771 e. The van der Waals surface area contributed by atoms with Gasteiger partial charge in [-0.3, -0.25) is 4.21 Å². The van der Waals surface area contributed by atoms with Crippen molar-refractivity contribution in [3.8, 4) is 0 Å². The lowest BCUT2D eigenvalue weighted by atomic mass is 10.3.